The Morgan fingerprint density at radius 1 is 0.897 bits per heavy atom. The minimum atomic E-state index is -0.448. The zero-order chi connectivity index (χ0) is 20.2. The summed E-state index contributed by atoms with van der Waals surface area (Å²) in [6.07, 6.45) is 4.74. The van der Waals surface area contributed by atoms with Crippen LogP contribution < -0.4 is 5.32 Å². The van der Waals surface area contributed by atoms with Gasteiger partial charge in [0.05, 0.1) is 17.9 Å². The van der Waals surface area contributed by atoms with Gasteiger partial charge in [0.2, 0.25) is 0 Å². The monoisotopic (exact) mass is 391 g/mol. The highest BCUT2D eigenvalue weighted by molar-refractivity contribution is 6.24. The Morgan fingerprint density at radius 2 is 1.45 bits per heavy atom. The minimum Gasteiger partial charge on any atom is -0.462 e. The van der Waals surface area contributed by atoms with Crippen LogP contribution in [0.2, 0.25) is 0 Å². The molecule has 0 radical (unpaired) electrons. The molecule has 0 heterocycles. The first kappa shape index (κ1) is 19.2. The van der Waals surface area contributed by atoms with E-state index >= 15 is 0 Å². The van der Waals surface area contributed by atoms with Crippen molar-refractivity contribution in [1.82, 2.24) is 0 Å². The lowest BCUT2D eigenvalue weighted by Gasteiger charge is -2.22. The van der Waals surface area contributed by atoms with Crippen molar-refractivity contribution in [2.45, 2.75) is 45.1 Å². The summed E-state index contributed by atoms with van der Waals surface area (Å²) in [6.45, 7) is 2.09. The fourth-order valence-electron chi connectivity index (χ4n) is 4.15. The van der Waals surface area contributed by atoms with E-state index in [0.717, 1.165) is 47.2 Å². The van der Waals surface area contributed by atoms with Crippen molar-refractivity contribution in [2.75, 3.05) is 11.9 Å². The molecule has 0 bridgehead atoms. The van der Waals surface area contributed by atoms with Crippen LogP contribution in [0.1, 0.15) is 49.4 Å². The molecule has 4 rings (SSSR count). The van der Waals surface area contributed by atoms with Crippen LogP contribution >= 0.6 is 0 Å². The van der Waals surface area contributed by atoms with Gasteiger partial charge in [-0.05, 0) is 43.4 Å². The molecule has 5 heteroatoms. The Bertz CT molecular complexity index is 996. The van der Waals surface area contributed by atoms with Gasteiger partial charge >= 0.3 is 12.1 Å². The lowest BCUT2D eigenvalue weighted by Crippen LogP contribution is -2.24. The second kappa shape index (κ2) is 8.52. The van der Waals surface area contributed by atoms with Crippen LogP contribution in [0.15, 0.2) is 48.5 Å². The van der Waals surface area contributed by atoms with Crippen LogP contribution in [-0.4, -0.2) is 24.8 Å². The maximum atomic E-state index is 12.7. The Hall–Kier alpha value is -3.08. The molecule has 0 saturated heterocycles. The molecule has 0 spiro atoms. The van der Waals surface area contributed by atoms with E-state index in [2.05, 4.69) is 5.32 Å². The van der Waals surface area contributed by atoms with Gasteiger partial charge in [0, 0.05) is 10.8 Å². The van der Waals surface area contributed by atoms with Crippen molar-refractivity contribution < 1.29 is 19.1 Å². The van der Waals surface area contributed by atoms with Gasteiger partial charge in [0.15, 0.2) is 0 Å². The molecule has 1 N–H and O–H groups in total. The molecule has 1 saturated carbocycles. The number of rotatable bonds is 4. The van der Waals surface area contributed by atoms with Gasteiger partial charge in [-0.2, -0.15) is 0 Å². The Kier molecular flexibility index (Phi) is 5.65. The summed E-state index contributed by atoms with van der Waals surface area (Å²) in [6, 6.07) is 15.1. The number of esters is 1. The van der Waals surface area contributed by atoms with Gasteiger partial charge in [-0.3, -0.25) is 5.32 Å². The third-order valence-corrected chi connectivity index (χ3v) is 5.46. The Balaban J connectivity index is 1.80. The molecule has 1 amide bonds. The van der Waals surface area contributed by atoms with E-state index in [4.69, 9.17) is 9.47 Å². The SMILES string of the molecule is CCOC(=O)c1c2ccccc2c(NC(=O)OC2CCCCC2)c2ccccc12. The number of hydrogen-bond acceptors (Lipinski definition) is 4. The number of amides is 1. The average molecular weight is 391 g/mol. The van der Waals surface area contributed by atoms with Crippen molar-refractivity contribution >= 4 is 39.3 Å². The summed E-state index contributed by atoms with van der Waals surface area (Å²) < 4.78 is 11.0. The first-order valence-electron chi connectivity index (χ1n) is 10.3. The number of nitrogens with one attached hydrogen (secondary N) is 1. The van der Waals surface area contributed by atoms with Gasteiger partial charge in [0.25, 0.3) is 0 Å². The fraction of sp³-hybridized carbons (Fsp3) is 0.333. The Labute approximate surface area is 170 Å². The highest BCUT2D eigenvalue weighted by Crippen LogP contribution is 2.37. The maximum absolute atomic E-state index is 12.7. The normalized spacial score (nSPS) is 14.7. The molecule has 1 aliphatic carbocycles. The number of carbonyl (C=O) groups is 2. The van der Waals surface area contributed by atoms with E-state index in [9.17, 15) is 9.59 Å². The summed E-state index contributed by atoms with van der Waals surface area (Å²) in [5.41, 5.74) is 1.18. The summed E-state index contributed by atoms with van der Waals surface area (Å²) >= 11 is 0. The number of anilines is 1. The van der Waals surface area contributed by atoms with Gasteiger partial charge in [-0.25, -0.2) is 9.59 Å². The Morgan fingerprint density at radius 3 is 2.00 bits per heavy atom. The largest absolute Gasteiger partial charge is 0.462 e. The van der Waals surface area contributed by atoms with Crippen molar-refractivity contribution in [2.24, 2.45) is 0 Å². The molecule has 150 valence electrons. The van der Waals surface area contributed by atoms with E-state index in [1.165, 1.54) is 6.42 Å². The van der Waals surface area contributed by atoms with E-state index in [1.54, 1.807) is 6.92 Å². The van der Waals surface area contributed by atoms with Crippen molar-refractivity contribution in [1.29, 1.82) is 0 Å². The summed E-state index contributed by atoms with van der Waals surface area (Å²) in [4.78, 5) is 25.4. The average Bonchev–Trinajstić information content (AvgIpc) is 2.74. The lowest BCUT2D eigenvalue weighted by molar-refractivity contribution is 0.0531. The topological polar surface area (TPSA) is 64.6 Å². The zero-order valence-corrected chi connectivity index (χ0v) is 16.6. The first-order chi connectivity index (χ1) is 14.2. The van der Waals surface area contributed by atoms with E-state index in [1.807, 2.05) is 48.5 Å². The van der Waals surface area contributed by atoms with Crippen LogP contribution in [-0.2, 0) is 9.47 Å². The second-order valence-corrected chi connectivity index (χ2v) is 7.35. The molecular formula is C24H25NO4. The molecule has 1 aliphatic rings. The number of ether oxygens (including phenoxy) is 2. The van der Waals surface area contributed by atoms with Crippen LogP contribution in [0.4, 0.5) is 10.5 Å². The van der Waals surface area contributed by atoms with Gasteiger partial charge in [0.1, 0.15) is 6.10 Å². The third kappa shape index (κ3) is 3.90. The highest BCUT2D eigenvalue weighted by atomic mass is 16.6. The van der Waals surface area contributed by atoms with Crippen molar-refractivity contribution in [3.8, 4) is 0 Å². The molecular weight excluding hydrogens is 366 g/mol. The quantitative estimate of drug-likeness (QED) is 0.434. The standard InChI is InChI=1S/C24H25NO4/c1-2-28-23(26)21-17-12-6-8-14-19(17)22(20-15-9-7-13-18(20)21)25-24(27)29-16-10-4-3-5-11-16/h6-9,12-16H,2-5,10-11H2,1H3,(H,25,27). The van der Waals surface area contributed by atoms with Crippen molar-refractivity contribution in [3.63, 3.8) is 0 Å². The molecule has 0 aromatic heterocycles. The van der Waals surface area contributed by atoms with Gasteiger partial charge < -0.3 is 9.47 Å². The number of hydrogen-bond donors (Lipinski definition) is 1. The number of carbonyl (C=O) groups excluding carboxylic acids is 2. The van der Waals surface area contributed by atoms with E-state index in [0.29, 0.717) is 17.9 Å². The van der Waals surface area contributed by atoms with E-state index < -0.39 is 6.09 Å². The number of benzene rings is 3. The van der Waals surface area contributed by atoms with E-state index in [-0.39, 0.29) is 12.1 Å². The first-order valence-corrected chi connectivity index (χ1v) is 10.3. The van der Waals surface area contributed by atoms with Gasteiger partial charge in [-0.15, -0.1) is 0 Å². The van der Waals surface area contributed by atoms with Crippen molar-refractivity contribution in [3.05, 3.63) is 54.1 Å². The molecule has 0 aliphatic heterocycles. The second-order valence-electron chi connectivity index (χ2n) is 7.35. The zero-order valence-electron chi connectivity index (χ0n) is 16.6. The molecule has 0 atom stereocenters. The molecule has 3 aromatic rings. The number of fused-ring (bicyclic) bond motifs is 2. The smallest absolute Gasteiger partial charge is 0.411 e. The predicted molar refractivity (Wildman–Crippen MR) is 114 cm³/mol. The van der Waals surface area contributed by atoms with Crippen LogP contribution in [0.3, 0.4) is 0 Å². The van der Waals surface area contributed by atoms with Crippen LogP contribution in [0.25, 0.3) is 21.5 Å². The summed E-state index contributed by atoms with van der Waals surface area (Å²) in [5.74, 6) is -0.365. The third-order valence-electron chi connectivity index (χ3n) is 5.46. The molecule has 29 heavy (non-hydrogen) atoms. The molecule has 3 aromatic carbocycles. The van der Waals surface area contributed by atoms with Crippen LogP contribution in [0, 0.1) is 0 Å². The maximum Gasteiger partial charge on any atom is 0.411 e. The molecule has 5 nitrogen and oxygen atoms in total. The highest BCUT2D eigenvalue weighted by Gasteiger charge is 2.22. The fourth-order valence-corrected chi connectivity index (χ4v) is 4.15. The minimum absolute atomic E-state index is 0.0277. The summed E-state index contributed by atoms with van der Waals surface area (Å²) in [7, 11) is 0. The van der Waals surface area contributed by atoms with Gasteiger partial charge in [-0.1, -0.05) is 55.0 Å². The lowest BCUT2D eigenvalue weighted by atomic mass is 9.94. The predicted octanol–water partition coefficient (Wildman–Crippen LogP) is 6.05. The summed E-state index contributed by atoms with van der Waals surface area (Å²) in [5, 5.41) is 6.03. The molecule has 1 fully saturated rings. The van der Waals surface area contributed by atoms with Crippen LogP contribution in [0.5, 0.6) is 0 Å². The molecule has 0 unspecified atom stereocenters.